The molecule has 0 unspecified atom stereocenters. The van der Waals surface area contributed by atoms with Crippen molar-refractivity contribution >= 4 is 100 Å². The number of nitrogens with zero attached hydrogens (tertiary/aromatic N) is 3. The Kier molecular flexibility index (Phi) is 48.0. The number of aliphatic hydroxyl groups excluding tert-OH is 1. The summed E-state index contributed by atoms with van der Waals surface area (Å²) in [6.07, 6.45) is 8.12. The number of aliphatic hydroxyl groups is 1. The van der Waals surface area contributed by atoms with E-state index in [0.717, 1.165) is 83.8 Å². The van der Waals surface area contributed by atoms with Crippen LogP contribution in [0.3, 0.4) is 0 Å². The zero-order valence-corrected chi connectivity index (χ0v) is 51.2. The summed E-state index contributed by atoms with van der Waals surface area (Å²) >= 11 is 0. The van der Waals surface area contributed by atoms with Crippen molar-refractivity contribution < 1.29 is 86.1 Å². The van der Waals surface area contributed by atoms with Crippen LogP contribution in [-0.2, 0) is 66.5 Å². The van der Waals surface area contributed by atoms with Gasteiger partial charge in [-0.05, 0) is 159 Å². The Hall–Kier alpha value is -3.36. The number of aldehydes is 1. The molecule has 5 fully saturated rings. The van der Waals surface area contributed by atoms with Crippen LogP contribution in [0.4, 0.5) is 14.4 Å². The first-order valence-corrected chi connectivity index (χ1v) is 28.8. The number of carboxylic acid groups (broad SMARTS) is 1. The summed E-state index contributed by atoms with van der Waals surface area (Å²) in [5.41, 5.74) is -1.35. The van der Waals surface area contributed by atoms with E-state index in [1.165, 1.54) is 21.7 Å². The molecular weight excluding hydrogens is 1120 g/mol. The molecule has 0 atom stereocenters. The zero-order valence-electron chi connectivity index (χ0n) is 48.0. The molecule has 0 bridgehead atoms. The summed E-state index contributed by atoms with van der Waals surface area (Å²) in [5, 5.41) is 23.8. The molecule has 5 saturated heterocycles. The van der Waals surface area contributed by atoms with Gasteiger partial charge in [0.15, 0.2) is 0 Å². The minimum Gasteiger partial charge on any atom is -0.481 e. The number of piperidine rings is 5. The van der Waals surface area contributed by atoms with Gasteiger partial charge in [-0.2, -0.15) is 0 Å². The summed E-state index contributed by atoms with van der Waals surface area (Å²) < 4.78 is 43.6. The Balaban J connectivity index is -0.000000427. The number of hydrogen-bond donors (Lipinski definition) is 4. The molecule has 23 nitrogen and oxygen atoms in total. The second-order valence-electron chi connectivity index (χ2n) is 21.2. The molecule has 5 heterocycles. The Bertz CT molecular complexity index is 1710. The number of esters is 2. The van der Waals surface area contributed by atoms with Crippen molar-refractivity contribution in [3.63, 3.8) is 0 Å². The van der Waals surface area contributed by atoms with Crippen LogP contribution >= 0.6 is 33.8 Å². The average molecular weight is 1210 g/mol. The van der Waals surface area contributed by atoms with Gasteiger partial charge >= 0.3 is 78.5 Å². The van der Waals surface area contributed by atoms with Gasteiger partial charge in [-0.25, -0.2) is 18.6 Å². The number of likely N-dealkylation sites (tertiary alicyclic amines) is 3. The third-order valence-corrected chi connectivity index (χ3v) is 11.5. The van der Waals surface area contributed by atoms with Gasteiger partial charge in [0.05, 0.1) is 32.0 Å². The van der Waals surface area contributed by atoms with Crippen molar-refractivity contribution in [1.82, 2.24) is 25.3 Å². The van der Waals surface area contributed by atoms with Crippen LogP contribution in [0.1, 0.15) is 134 Å². The first-order chi connectivity index (χ1) is 36.0. The Labute approximate surface area is 489 Å². The monoisotopic (exact) mass is 1210 g/mol. The molecule has 3 amide bonds. The number of nitrogens with one attached hydrogen (secondary N) is 2. The number of rotatable bonds is 9. The van der Waals surface area contributed by atoms with Crippen LogP contribution in [0.15, 0.2) is 0 Å². The summed E-state index contributed by atoms with van der Waals surface area (Å²) in [5.74, 6) is -0.449. The van der Waals surface area contributed by atoms with Gasteiger partial charge in [0.25, 0.3) is 0 Å². The molecule has 0 saturated carbocycles. The molecule has 4 N–H and O–H groups in total. The number of halogens is 3. The third-order valence-electron chi connectivity index (χ3n) is 11.5. The fourth-order valence-corrected chi connectivity index (χ4v) is 7.39. The van der Waals surface area contributed by atoms with Gasteiger partial charge in [-0.3, -0.25) is 14.4 Å². The standard InChI is InChI=1S/C12H21NO4.C11H21NO3.C11H19NO3.C7H13NO2.C6H11NO2.C2H5B2O3.CH4.Cl2OS.ClH/c1-12(2,3)17-11(15)13-7-5-9(6-8-13)10(14)16-4;2*1-11(2,3)15-10(14)12-6-4-9(8-13)5-7-12;1-10-7(9)6-2-4-8-5-3-6;8-6(9)5-1-3-7-4-2-5;1-3-7-6-2-4-5;;1-4(2)3;/h9H,5-8H2,1-4H3;9,13H,4-8H2,1-3H3;8-9H,4-7H2,1-3H3;6,8H,2-5H2,1H3;5,7H,1-4H2,(H,8,9);2H2,1H3;1H4;;1H. The third kappa shape index (κ3) is 44.9. The number of hydrogen-bond acceptors (Lipinski definition) is 19. The van der Waals surface area contributed by atoms with Crippen molar-refractivity contribution in [2.45, 2.75) is 158 Å². The van der Waals surface area contributed by atoms with Crippen molar-refractivity contribution in [2.75, 3.05) is 92.8 Å². The quantitative estimate of drug-likeness (QED) is 0.0259. The van der Waals surface area contributed by atoms with E-state index in [4.69, 9.17) is 33.4 Å². The Morgan fingerprint density at radius 1 is 0.620 bits per heavy atom. The number of methoxy groups -OCH3 is 2. The van der Waals surface area contributed by atoms with Crippen LogP contribution in [0.5, 0.6) is 0 Å². The fraction of sp³-hybridized carbons (Fsp3) is 0.860. The maximum Gasteiger partial charge on any atom is 0.306 e. The number of carbonyl (C=O) groups is 7. The first-order valence-electron chi connectivity index (χ1n) is 26.0. The smallest absolute Gasteiger partial charge is 0.306 e. The maximum absolute atomic E-state index is 11.7. The van der Waals surface area contributed by atoms with E-state index in [1.807, 2.05) is 62.3 Å². The summed E-state index contributed by atoms with van der Waals surface area (Å²) in [6, 6.07) is 0. The van der Waals surface area contributed by atoms with Gasteiger partial charge in [0, 0.05) is 73.2 Å². The van der Waals surface area contributed by atoms with Crippen LogP contribution in [0, 0.1) is 29.6 Å². The predicted octanol–water partition coefficient (Wildman–Crippen LogP) is 7.20. The first kappa shape index (κ1) is 82.1. The van der Waals surface area contributed by atoms with E-state index in [2.05, 4.69) is 46.4 Å². The van der Waals surface area contributed by atoms with Gasteiger partial charge in [-0.1, -0.05) is 7.43 Å². The minimum absolute atomic E-state index is 0. The molecule has 0 aromatic rings. The van der Waals surface area contributed by atoms with E-state index in [9.17, 15) is 38.3 Å². The van der Waals surface area contributed by atoms with Crippen molar-refractivity contribution in [3.8, 4) is 0 Å². The molecule has 5 aliphatic rings. The Morgan fingerprint density at radius 2 is 0.937 bits per heavy atom. The van der Waals surface area contributed by atoms with E-state index in [1.54, 1.807) is 21.5 Å². The van der Waals surface area contributed by atoms with E-state index in [0.29, 0.717) is 65.2 Å². The fourth-order valence-electron chi connectivity index (χ4n) is 7.39. The second-order valence-corrected chi connectivity index (χ2v) is 23.7. The van der Waals surface area contributed by atoms with Crippen molar-refractivity contribution in [1.29, 1.82) is 0 Å². The van der Waals surface area contributed by atoms with Gasteiger partial charge < -0.3 is 64.0 Å². The molecule has 0 aliphatic carbocycles. The summed E-state index contributed by atoms with van der Waals surface area (Å²) in [6.45, 7) is 25.9. The predicted molar refractivity (Wildman–Crippen MR) is 307 cm³/mol. The number of carboxylic acids is 1. The molecule has 29 heteroatoms. The number of amides is 3. The zero-order chi connectivity index (χ0) is 59.2. The SMILES string of the molecule is C.CC(C)(C)OC(=O)N1CCC(C=O)CC1.CC(C)(C)OC(=O)N1CCC(CO)CC1.COC(=O)C1CCN(C(=O)OC(C)(C)C)CC1.COC(=O)C1CCNCC1.C[B]OOCB=O.Cl.O=C(O)C1CCNCC1.O=S(Cl)Cl. The molecule has 5 aliphatic heterocycles. The van der Waals surface area contributed by atoms with E-state index < -0.39 is 32.0 Å². The van der Waals surface area contributed by atoms with Crippen LogP contribution in [-0.4, -0.2) is 196 Å². The maximum atomic E-state index is 11.7. The number of aliphatic carboxylic acids is 1. The van der Waals surface area contributed by atoms with Crippen molar-refractivity contribution in [2.24, 2.45) is 29.6 Å². The van der Waals surface area contributed by atoms with Crippen LogP contribution < -0.4 is 10.6 Å². The molecule has 0 aromatic heterocycles. The molecular formula is C50H95B2Cl3N5O18S. The minimum atomic E-state index is -1.67. The summed E-state index contributed by atoms with van der Waals surface area (Å²) in [4.78, 5) is 91.6. The van der Waals surface area contributed by atoms with Crippen LogP contribution in [0.2, 0.25) is 6.82 Å². The average Bonchev–Trinajstić information content (AvgIpc) is 3.38. The molecule has 79 heavy (non-hydrogen) atoms. The number of carbonyl (C=O) groups excluding carboxylic acids is 6. The topological polar surface area (TPSA) is 292 Å². The molecule has 461 valence electrons. The molecule has 5 rings (SSSR count). The molecule has 1 radical (unpaired) electrons. The molecule has 0 aromatic carbocycles. The van der Waals surface area contributed by atoms with E-state index >= 15 is 0 Å². The van der Waals surface area contributed by atoms with Gasteiger partial charge in [-0.15, -0.1) is 12.4 Å². The van der Waals surface area contributed by atoms with Crippen molar-refractivity contribution in [3.05, 3.63) is 0 Å². The van der Waals surface area contributed by atoms with E-state index in [-0.39, 0.29) is 86.8 Å². The molecule has 0 spiro atoms. The number of ether oxygens (including phenoxy) is 5. The second kappa shape index (κ2) is 46.2. The Morgan fingerprint density at radius 3 is 1.20 bits per heavy atom. The largest absolute Gasteiger partial charge is 0.481 e. The summed E-state index contributed by atoms with van der Waals surface area (Å²) in [7, 11) is 12.2. The van der Waals surface area contributed by atoms with Gasteiger partial charge in [0.1, 0.15) is 23.1 Å². The van der Waals surface area contributed by atoms with Crippen LogP contribution in [0.25, 0.3) is 0 Å². The normalized spacial score (nSPS) is 17.2. The van der Waals surface area contributed by atoms with Gasteiger partial charge in [0.2, 0.25) is 9.23 Å².